The Morgan fingerprint density at radius 3 is 2.79 bits per heavy atom. The highest BCUT2D eigenvalue weighted by molar-refractivity contribution is 5.95. The quantitative estimate of drug-likeness (QED) is 0.588. The van der Waals surface area contributed by atoms with Crippen molar-refractivity contribution < 1.29 is 9.53 Å². The molecule has 1 aromatic rings. The average molecular weight is 264 g/mol. The van der Waals surface area contributed by atoms with Crippen molar-refractivity contribution in [1.29, 1.82) is 0 Å². The molecule has 0 fully saturated rings. The highest BCUT2D eigenvalue weighted by Crippen LogP contribution is 2.23. The molecule has 19 heavy (non-hydrogen) atoms. The van der Waals surface area contributed by atoms with Crippen LogP contribution in [0.2, 0.25) is 0 Å². The molecule has 0 aliphatic heterocycles. The molecular weight excluding hydrogens is 240 g/mol. The molecule has 1 rings (SSSR count). The summed E-state index contributed by atoms with van der Waals surface area (Å²) in [6, 6.07) is 5.31. The summed E-state index contributed by atoms with van der Waals surface area (Å²) >= 11 is 0. The van der Waals surface area contributed by atoms with E-state index in [2.05, 4.69) is 12.2 Å². The topological polar surface area (TPSA) is 64.3 Å². The molecular formula is C15H24N2O2. The van der Waals surface area contributed by atoms with Crippen LogP contribution >= 0.6 is 0 Å². The van der Waals surface area contributed by atoms with Gasteiger partial charge in [0.15, 0.2) is 0 Å². The van der Waals surface area contributed by atoms with Gasteiger partial charge in [0.1, 0.15) is 5.75 Å². The number of hydrogen-bond donors (Lipinski definition) is 2. The van der Waals surface area contributed by atoms with E-state index in [1.807, 2.05) is 13.8 Å². The number of hydrogen-bond acceptors (Lipinski definition) is 3. The number of anilines is 1. The first-order valence-corrected chi connectivity index (χ1v) is 6.91. The zero-order chi connectivity index (χ0) is 14.3. The Morgan fingerprint density at radius 2 is 2.16 bits per heavy atom. The predicted octanol–water partition coefficient (Wildman–Crippen LogP) is 2.98. The second-order valence-corrected chi connectivity index (χ2v) is 4.74. The molecule has 0 saturated carbocycles. The fraction of sp³-hybridized carbons (Fsp3) is 0.533. The van der Waals surface area contributed by atoms with E-state index >= 15 is 0 Å². The van der Waals surface area contributed by atoms with Crippen LogP contribution in [0.25, 0.3) is 0 Å². The Morgan fingerprint density at radius 1 is 1.42 bits per heavy atom. The Kier molecular flexibility index (Phi) is 6.19. The fourth-order valence-electron chi connectivity index (χ4n) is 1.54. The molecule has 3 N–H and O–H groups in total. The second kappa shape index (κ2) is 7.67. The van der Waals surface area contributed by atoms with Crippen LogP contribution in [0.15, 0.2) is 18.2 Å². The Labute approximate surface area is 115 Å². The highest BCUT2D eigenvalue weighted by Gasteiger charge is 2.11. The van der Waals surface area contributed by atoms with E-state index in [0.29, 0.717) is 23.6 Å². The van der Waals surface area contributed by atoms with Crippen LogP contribution in [0.1, 0.15) is 50.4 Å². The monoisotopic (exact) mass is 264 g/mol. The number of nitrogens with two attached hydrogens (primary N) is 1. The molecule has 1 unspecified atom stereocenters. The molecule has 0 saturated heterocycles. The maximum atomic E-state index is 12.0. The number of nitrogens with one attached hydrogen (secondary N) is 1. The van der Waals surface area contributed by atoms with Gasteiger partial charge in [0.05, 0.1) is 12.3 Å². The molecule has 0 radical (unpaired) electrons. The third-order valence-corrected chi connectivity index (χ3v) is 3.02. The first-order valence-electron chi connectivity index (χ1n) is 6.91. The maximum Gasteiger partial charge on any atom is 0.251 e. The summed E-state index contributed by atoms with van der Waals surface area (Å²) in [4.78, 5) is 12.0. The van der Waals surface area contributed by atoms with Crippen molar-refractivity contribution in [3.8, 4) is 5.75 Å². The van der Waals surface area contributed by atoms with Crippen molar-refractivity contribution in [3.05, 3.63) is 23.8 Å². The summed E-state index contributed by atoms with van der Waals surface area (Å²) in [6.07, 6.45) is 2.94. The molecule has 1 amide bonds. The lowest BCUT2D eigenvalue weighted by molar-refractivity contribution is 0.0939. The average Bonchev–Trinajstić information content (AvgIpc) is 2.40. The van der Waals surface area contributed by atoms with Gasteiger partial charge in [0.25, 0.3) is 5.91 Å². The summed E-state index contributed by atoms with van der Waals surface area (Å²) in [5.74, 6) is 0.500. The zero-order valence-electron chi connectivity index (χ0n) is 12.0. The van der Waals surface area contributed by atoms with Crippen molar-refractivity contribution in [3.63, 3.8) is 0 Å². The van der Waals surface area contributed by atoms with Crippen molar-refractivity contribution in [2.45, 2.75) is 46.1 Å². The Bertz CT molecular complexity index is 419. The van der Waals surface area contributed by atoms with Gasteiger partial charge in [-0.2, -0.15) is 0 Å². The summed E-state index contributed by atoms with van der Waals surface area (Å²) in [7, 11) is 0. The van der Waals surface area contributed by atoms with E-state index in [1.165, 1.54) is 0 Å². The lowest BCUT2D eigenvalue weighted by Gasteiger charge is -2.13. The number of unbranched alkanes of at least 4 members (excludes halogenated alkanes) is 1. The van der Waals surface area contributed by atoms with Gasteiger partial charge in [0, 0.05) is 11.6 Å². The van der Waals surface area contributed by atoms with Gasteiger partial charge in [-0.1, -0.05) is 20.3 Å². The molecule has 1 atom stereocenters. The minimum absolute atomic E-state index is 0.0882. The number of carbonyl (C=O) groups is 1. The molecule has 0 spiro atoms. The van der Waals surface area contributed by atoms with E-state index in [4.69, 9.17) is 10.5 Å². The largest absolute Gasteiger partial charge is 0.491 e. The van der Waals surface area contributed by atoms with Gasteiger partial charge < -0.3 is 15.8 Å². The van der Waals surface area contributed by atoms with Gasteiger partial charge in [-0.15, -0.1) is 0 Å². The molecule has 4 nitrogen and oxygen atoms in total. The van der Waals surface area contributed by atoms with Crippen LogP contribution < -0.4 is 15.8 Å². The van der Waals surface area contributed by atoms with Crippen LogP contribution in [0, 0.1) is 0 Å². The normalized spacial score (nSPS) is 11.9. The van der Waals surface area contributed by atoms with E-state index in [1.54, 1.807) is 18.2 Å². The van der Waals surface area contributed by atoms with Crippen LogP contribution in [-0.4, -0.2) is 18.6 Å². The number of amides is 1. The molecule has 0 aliphatic carbocycles. The second-order valence-electron chi connectivity index (χ2n) is 4.74. The van der Waals surface area contributed by atoms with Crippen molar-refractivity contribution in [2.24, 2.45) is 0 Å². The Balaban J connectivity index is 2.74. The standard InChI is InChI=1S/C15H24N2O2/c1-4-6-9-19-14-10-12(7-8-13(14)16)15(18)17-11(3)5-2/h7-8,10-11H,4-6,9,16H2,1-3H3,(H,17,18). The minimum Gasteiger partial charge on any atom is -0.491 e. The van der Waals surface area contributed by atoms with E-state index in [9.17, 15) is 4.79 Å². The predicted molar refractivity (Wildman–Crippen MR) is 78.5 cm³/mol. The van der Waals surface area contributed by atoms with Crippen molar-refractivity contribution in [2.75, 3.05) is 12.3 Å². The van der Waals surface area contributed by atoms with Crippen LogP contribution in [-0.2, 0) is 0 Å². The van der Waals surface area contributed by atoms with Crippen molar-refractivity contribution in [1.82, 2.24) is 5.32 Å². The Hall–Kier alpha value is -1.71. The van der Waals surface area contributed by atoms with E-state index in [0.717, 1.165) is 19.3 Å². The number of carbonyl (C=O) groups excluding carboxylic acids is 1. The minimum atomic E-state index is -0.0882. The summed E-state index contributed by atoms with van der Waals surface area (Å²) in [6.45, 7) is 6.74. The van der Waals surface area contributed by atoms with E-state index < -0.39 is 0 Å². The molecule has 0 aromatic heterocycles. The number of nitrogen functional groups attached to an aromatic ring is 1. The molecule has 0 bridgehead atoms. The first kappa shape index (κ1) is 15.3. The fourth-order valence-corrected chi connectivity index (χ4v) is 1.54. The number of rotatable bonds is 7. The van der Waals surface area contributed by atoms with Gasteiger partial charge in [-0.05, 0) is 38.0 Å². The third kappa shape index (κ3) is 4.81. The van der Waals surface area contributed by atoms with Crippen molar-refractivity contribution >= 4 is 11.6 Å². The van der Waals surface area contributed by atoms with Crippen LogP contribution in [0.4, 0.5) is 5.69 Å². The maximum absolute atomic E-state index is 12.0. The summed E-state index contributed by atoms with van der Waals surface area (Å²) < 4.78 is 5.59. The van der Waals surface area contributed by atoms with Gasteiger partial charge in [-0.25, -0.2) is 0 Å². The van der Waals surface area contributed by atoms with Crippen LogP contribution in [0.3, 0.4) is 0 Å². The van der Waals surface area contributed by atoms with Crippen LogP contribution in [0.5, 0.6) is 5.75 Å². The van der Waals surface area contributed by atoms with Gasteiger partial charge in [-0.3, -0.25) is 4.79 Å². The summed E-state index contributed by atoms with van der Waals surface area (Å²) in [5.41, 5.74) is 6.99. The van der Waals surface area contributed by atoms with E-state index in [-0.39, 0.29) is 11.9 Å². The smallest absolute Gasteiger partial charge is 0.251 e. The molecule has 1 aromatic carbocycles. The molecule has 4 heteroatoms. The SMILES string of the molecule is CCCCOc1cc(C(=O)NC(C)CC)ccc1N. The number of ether oxygens (including phenoxy) is 1. The van der Waals surface area contributed by atoms with Gasteiger partial charge in [0.2, 0.25) is 0 Å². The molecule has 0 heterocycles. The first-order chi connectivity index (χ1) is 9.08. The molecule has 106 valence electrons. The molecule has 0 aliphatic rings. The third-order valence-electron chi connectivity index (χ3n) is 3.02. The lowest BCUT2D eigenvalue weighted by Crippen LogP contribution is -2.31. The number of benzene rings is 1. The zero-order valence-corrected chi connectivity index (χ0v) is 12.0. The summed E-state index contributed by atoms with van der Waals surface area (Å²) in [5, 5.41) is 2.92. The van der Waals surface area contributed by atoms with Gasteiger partial charge >= 0.3 is 0 Å². The highest BCUT2D eigenvalue weighted by atomic mass is 16.5. The lowest BCUT2D eigenvalue weighted by atomic mass is 10.1.